The van der Waals surface area contributed by atoms with Crippen LogP contribution in [0, 0.1) is 0 Å². The molecule has 0 saturated carbocycles. The summed E-state index contributed by atoms with van der Waals surface area (Å²) in [5.74, 6) is 0.941. The molecule has 1 amide bonds. The van der Waals surface area contributed by atoms with E-state index in [-0.39, 0.29) is 16.9 Å². The fraction of sp³-hybridized carbons (Fsp3) is 0.154. The van der Waals surface area contributed by atoms with E-state index in [9.17, 15) is 9.59 Å². The number of ether oxygens (including phenoxy) is 4. The molecule has 4 rings (SSSR count). The Morgan fingerprint density at radius 2 is 1.66 bits per heavy atom. The summed E-state index contributed by atoms with van der Waals surface area (Å²) in [7, 11) is 4.52. The third kappa shape index (κ3) is 5.02. The molecule has 0 saturated heterocycles. The van der Waals surface area contributed by atoms with Gasteiger partial charge in [0.15, 0.2) is 23.9 Å². The highest BCUT2D eigenvalue weighted by Crippen LogP contribution is 2.37. The lowest BCUT2D eigenvalue weighted by Crippen LogP contribution is -2.23. The number of hydrogen-bond acceptors (Lipinski definition) is 7. The number of nitrogens with one attached hydrogen (secondary N) is 1. The van der Waals surface area contributed by atoms with E-state index in [4.69, 9.17) is 35.0 Å². The van der Waals surface area contributed by atoms with Crippen molar-refractivity contribution in [3.63, 3.8) is 0 Å². The van der Waals surface area contributed by atoms with Crippen LogP contribution in [-0.2, 0) is 4.79 Å². The second kappa shape index (κ2) is 10.4. The number of anilines is 1. The van der Waals surface area contributed by atoms with Crippen LogP contribution in [0.25, 0.3) is 22.3 Å². The summed E-state index contributed by atoms with van der Waals surface area (Å²) in [5.41, 5.74) is 0.816. The third-order valence-electron chi connectivity index (χ3n) is 5.19. The van der Waals surface area contributed by atoms with Gasteiger partial charge in [-0.2, -0.15) is 0 Å². The molecule has 4 aromatic rings. The Bertz CT molecular complexity index is 1450. The first kappa shape index (κ1) is 24.0. The maximum Gasteiger partial charge on any atom is 0.262 e. The van der Waals surface area contributed by atoms with E-state index >= 15 is 0 Å². The normalized spacial score (nSPS) is 10.6. The number of fused-ring (bicyclic) bond motifs is 1. The van der Waals surface area contributed by atoms with Gasteiger partial charge in [-0.05, 0) is 48.5 Å². The Hall–Kier alpha value is -4.17. The van der Waals surface area contributed by atoms with Crippen molar-refractivity contribution in [3.8, 4) is 34.3 Å². The van der Waals surface area contributed by atoms with Crippen LogP contribution in [0.5, 0.6) is 23.0 Å². The van der Waals surface area contributed by atoms with E-state index in [1.54, 1.807) is 54.6 Å². The third-order valence-corrected chi connectivity index (χ3v) is 5.42. The summed E-state index contributed by atoms with van der Waals surface area (Å²) in [6.45, 7) is -0.449. The predicted octanol–water partition coefficient (Wildman–Crippen LogP) is 5.16. The van der Waals surface area contributed by atoms with E-state index < -0.39 is 17.9 Å². The molecule has 0 unspecified atom stereocenters. The van der Waals surface area contributed by atoms with E-state index in [0.717, 1.165) is 0 Å². The highest BCUT2D eigenvalue weighted by atomic mass is 35.5. The van der Waals surface area contributed by atoms with Crippen molar-refractivity contribution in [1.82, 2.24) is 0 Å². The molecular formula is C26H22ClNO7. The molecule has 1 heterocycles. The van der Waals surface area contributed by atoms with E-state index in [1.165, 1.54) is 27.4 Å². The molecule has 0 aliphatic rings. The number of amides is 1. The monoisotopic (exact) mass is 495 g/mol. The average molecular weight is 496 g/mol. The van der Waals surface area contributed by atoms with Gasteiger partial charge in [0.2, 0.25) is 11.2 Å². The Labute approximate surface area is 205 Å². The summed E-state index contributed by atoms with van der Waals surface area (Å²) < 4.78 is 27.7. The van der Waals surface area contributed by atoms with Gasteiger partial charge in [0.1, 0.15) is 11.3 Å². The Kier molecular flexibility index (Phi) is 7.12. The van der Waals surface area contributed by atoms with Gasteiger partial charge in [-0.15, -0.1) is 0 Å². The van der Waals surface area contributed by atoms with Gasteiger partial charge >= 0.3 is 0 Å². The van der Waals surface area contributed by atoms with Crippen LogP contribution in [0.15, 0.2) is 69.9 Å². The van der Waals surface area contributed by atoms with Crippen molar-refractivity contribution in [1.29, 1.82) is 0 Å². The van der Waals surface area contributed by atoms with Crippen molar-refractivity contribution in [3.05, 3.63) is 75.9 Å². The van der Waals surface area contributed by atoms with Gasteiger partial charge in [0.05, 0.1) is 32.4 Å². The number of carbonyl (C=O) groups excluding carboxylic acids is 1. The molecule has 1 aromatic heterocycles. The molecule has 35 heavy (non-hydrogen) atoms. The molecule has 0 aliphatic carbocycles. The Morgan fingerprint density at radius 1 is 0.914 bits per heavy atom. The van der Waals surface area contributed by atoms with Crippen LogP contribution in [-0.4, -0.2) is 33.8 Å². The van der Waals surface area contributed by atoms with E-state index in [2.05, 4.69) is 5.32 Å². The van der Waals surface area contributed by atoms with Gasteiger partial charge in [0.25, 0.3) is 5.91 Å². The number of hydrogen-bond donors (Lipinski definition) is 1. The molecule has 0 spiro atoms. The molecule has 0 bridgehead atoms. The summed E-state index contributed by atoms with van der Waals surface area (Å²) in [6.07, 6.45) is 0. The van der Waals surface area contributed by atoms with Gasteiger partial charge in [-0.25, -0.2) is 0 Å². The molecule has 9 heteroatoms. The summed E-state index contributed by atoms with van der Waals surface area (Å²) in [4.78, 5) is 26.0. The summed E-state index contributed by atoms with van der Waals surface area (Å²) in [6, 6.07) is 16.7. The largest absolute Gasteiger partial charge is 0.495 e. The van der Waals surface area contributed by atoms with Gasteiger partial charge in [-0.3, -0.25) is 9.59 Å². The maximum atomic E-state index is 13.4. The zero-order valence-electron chi connectivity index (χ0n) is 19.2. The minimum absolute atomic E-state index is 0.135. The molecule has 0 atom stereocenters. The van der Waals surface area contributed by atoms with E-state index in [0.29, 0.717) is 39.1 Å². The Balaban J connectivity index is 1.73. The minimum atomic E-state index is -0.488. The molecule has 180 valence electrons. The molecular weight excluding hydrogens is 474 g/mol. The average Bonchev–Trinajstić information content (AvgIpc) is 2.88. The van der Waals surface area contributed by atoms with E-state index in [1.807, 2.05) is 0 Å². The zero-order chi connectivity index (χ0) is 24.9. The SMILES string of the molecule is COc1ccccc1NC(=O)COc1c(-c2ccc(OC)c(OC)c2)oc2ccc(Cl)cc2c1=O. The number of rotatable bonds is 8. The van der Waals surface area contributed by atoms with Gasteiger partial charge < -0.3 is 28.7 Å². The molecule has 3 aromatic carbocycles. The number of benzene rings is 3. The fourth-order valence-corrected chi connectivity index (χ4v) is 3.69. The number of halogens is 1. The first-order valence-corrected chi connectivity index (χ1v) is 10.9. The highest BCUT2D eigenvalue weighted by molar-refractivity contribution is 6.31. The number of methoxy groups -OCH3 is 3. The van der Waals surface area contributed by atoms with Crippen molar-refractivity contribution >= 4 is 34.2 Å². The first-order chi connectivity index (χ1) is 16.9. The zero-order valence-corrected chi connectivity index (χ0v) is 20.0. The highest BCUT2D eigenvalue weighted by Gasteiger charge is 2.21. The van der Waals surface area contributed by atoms with Crippen LogP contribution in [0.2, 0.25) is 5.02 Å². The lowest BCUT2D eigenvalue weighted by Gasteiger charge is -2.14. The predicted molar refractivity (Wildman–Crippen MR) is 133 cm³/mol. The number of para-hydroxylation sites is 2. The van der Waals surface area contributed by atoms with Crippen molar-refractivity contribution < 1.29 is 28.2 Å². The molecule has 1 N–H and O–H groups in total. The van der Waals surface area contributed by atoms with Gasteiger partial charge in [0, 0.05) is 10.6 Å². The van der Waals surface area contributed by atoms with Crippen LogP contribution >= 0.6 is 11.6 Å². The first-order valence-electron chi connectivity index (χ1n) is 10.5. The van der Waals surface area contributed by atoms with Crippen LogP contribution < -0.4 is 29.7 Å². The second-order valence-corrected chi connectivity index (χ2v) is 7.77. The van der Waals surface area contributed by atoms with Crippen LogP contribution in [0.4, 0.5) is 5.69 Å². The van der Waals surface area contributed by atoms with Crippen molar-refractivity contribution in [2.45, 2.75) is 0 Å². The number of carbonyl (C=O) groups is 1. The van der Waals surface area contributed by atoms with Crippen molar-refractivity contribution in [2.24, 2.45) is 0 Å². The lowest BCUT2D eigenvalue weighted by atomic mass is 10.1. The molecule has 0 fully saturated rings. The standard InChI is InChI=1S/C26H22ClNO7/c1-31-20-7-5-4-6-18(20)28-23(29)14-34-26-24(30)17-13-16(27)9-11-19(17)35-25(26)15-8-10-21(32-2)22(12-15)33-3/h4-13H,14H2,1-3H3,(H,28,29). The van der Waals surface area contributed by atoms with Crippen LogP contribution in [0.3, 0.4) is 0 Å². The summed E-state index contributed by atoms with van der Waals surface area (Å²) >= 11 is 6.09. The Morgan fingerprint density at radius 3 is 2.40 bits per heavy atom. The molecule has 0 aliphatic heterocycles. The quantitative estimate of drug-likeness (QED) is 0.361. The van der Waals surface area contributed by atoms with Gasteiger partial charge in [-0.1, -0.05) is 23.7 Å². The lowest BCUT2D eigenvalue weighted by molar-refractivity contribution is -0.118. The van der Waals surface area contributed by atoms with Crippen molar-refractivity contribution in [2.75, 3.05) is 33.3 Å². The minimum Gasteiger partial charge on any atom is -0.495 e. The molecule has 8 nitrogen and oxygen atoms in total. The fourth-order valence-electron chi connectivity index (χ4n) is 3.52. The molecule has 0 radical (unpaired) electrons. The summed E-state index contributed by atoms with van der Waals surface area (Å²) in [5, 5.41) is 3.30. The second-order valence-electron chi connectivity index (χ2n) is 7.34. The topological polar surface area (TPSA) is 96.2 Å². The smallest absolute Gasteiger partial charge is 0.262 e. The van der Waals surface area contributed by atoms with Crippen LogP contribution in [0.1, 0.15) is 0 Å². The maximum absolute atomic E-state index is 13.4.